The fourth-order valence-electron chi connectivity index (χ4n) is 1.51. The zero-order chi connectivity index (χ0) is 15.2. The van der Waals surface area contributed by atoms with Gasteiger partial charge in [0.15, 0.2) is 5.60 Å². The van der Waals surface area contributed by atoms with Gasteiger partial charge in [-0.2, -0.15) is 0 Å². The minimum Gasteiger partial charge on any atom is -0.476 e. The predicted octanol–water partition coefficient (Wildman–Crippen LogP) is 2.58. The largest absolute Gasteiger partial charge is 0.476 e. The number of carbonyl (C=O) groups excluding carboxylic acids is 2. The summed E-state index contributed by atoms with van der Waals surface area (Å²) < 4.78 is 15.4. The lowest BCUT2D eigenvalue weighted by molar-refractivity contribution is -0.158. The number of benzene rings is 1. The van der Waals surface area contributed by atoms with Crippen LogP contribution in [0.25, 0.3) is 0 Å². The van der Waals surface area contributed by atoms with Gasteiger partial charge in [0.05, 0.1) is 18.8 Å². The van der Waals surface area contributed by atoms with Gasteiger partial charge in [0.25, 0.3) is 0 Å². The molecule has 0 bridgehead atoms. The van der Waals surface area contributed by atoms with Crippen LogP contribution in [0.3, 0.4) is 0 Å². The van der Waals surface area contributed by atoms with E-state index in [1.165, 1.54) is 0 Å². The molecule has 1 rings (SSSR count). The number of carbonyl (C=O) groups is 2. The van der Waals surface area contributed by atoms with Crippen LogP contribution >= 0.6 is 0 Å². The average molecular weight is 280 g/mol. The van der Waals surface area contributed by atoms with Gasteiger partial charge in [-0.25, -0.2) is 9.59 Å². The van der Waals surface area contributed by atoms with Crippen molar-refractivity contribution in [3.63, 3.8) is 0 Å². The highest BCUT2D eigenvalue weighted by Gasteiger charge is 2.31. The molecule has 0 fully saturated rings. The molecule has 0 spiro atoms. The summed E-state index contributed by atoms with van der Waals surface area (Å²) in [4.78, 5) is 23.2. The maximum Gasteiger partial charge on any atom is 0.349 e. The molecule has 0 unspecified atom stereocenters. The summed E-state index contributed by atoms with van der Waals surface area (Å²) in [6.45, 7) is 7.37. The average Bonchev–Trinajstić information content (AvgIpc) is 2.39. The quantitative estimate of drug-likeness (QED) is 0.749. The predicted molar refractivity (Wildman–Crippen MR) is 73.7 cm³/mol. The topological polar surface area (TPSA) is 61.8 Å². The molecule has 1 aromatic rings. The van der Waals surface area contributed by atoms with Crippen LogP contribution in [-0.4, -0.2) is 30.8 Å². The van der Waals surface area contributed by atoms with E-state index in [4.69, 9.17) is 14.2 Å². The Kier molecular flexibility index (Phi) is 5.55. The van der Waals surface area contributed by atoms with Crippen molar-refractivity contribution >= 4 is 11.9 Å². The van der Waals surface area contributed by atoms with Gasteiger partial charge in [-0.15, -0.1) is 0 Å². The molecule has 0 heterocycles. The molecule has 0 radical (unpaired) electrons. The molecule has 1 aromatic carbocycles. The lowest BCUT2D eigenvalue weighted by Crippen LogP contribution is -2.39. The van der Waals surface area contributed by atoms with Crippen LogP contribution in [0, 0.1) is 0 Å². The normalized spacial score (nSPS) is 10.8. The van der Waals surface area contributed by atoms with Gasteiger partial charge in [-0.1, -0.05) is 0 Å². The fraction of sp³-hybridized carbons (Fsp3) is 0.467. The standard InChI is InChI=1S/C15H20O5/c1-5-18-13(16)11-7-9-12(10-8-11)20-15(3,4)14(17)19-6-2/h7-10H,5-6H2,1-4H3. The summed E-state index contributed by atoms with van der Waals surface area (Å²) >= 11 is 0. The van der Waals surface area contributed by atoms with Gasteiger partial charge in [-0.05, 0) is 52.0 Å². The highest BCUT2D eigenvalue weighted by molar-refractivity contribution is 5.89. The van der Waals surface area contributed by atoms with Crippen molar-refractivity contribution in [3.05, 3.63) is 29.8 Å². The minimum absolute atomic E-state index is 0.299. The summed E-state index contributed by atoms with van der Waals surface area (Å²) in [6.07, 6.45) is 0. The van der Waals surface area contributed by atoms with E-state index in [2.05, 4.69) is 0 Å². The Balaban J connectivity index is 2.74. The van der Waals surface area contributed by atoms with E-state index in [0.29, 0.717) is 24.5 Å². The molecule has 20 heavy (non-hydrogen) atoms. The summed E-state index contributed by atoms with van der Waals surface area (Å²) in [5.74, 6) is -0.339. The van der Waals surface area contributed by atoms with E-state index in [-0.39, 0.29) is 5.97 Å². The molecule has 0 saturated heterocycles. The van der Waals surface area contributed by atoms with Crippen LogP contribution in [0.15, 0.2) is 24.3 Å². The first-order valence-electron chi connectivity index (χ1n) is 6.54. The van der Waals surface area contributed by atoms with E-state index in [1.54, 1.807) is 52.0 Å². The van der Waals surface area contributed by atoms with Crippen LogP contribution in [0.4, 0.5) is 0 Å². The Morgan fingerprint density at radius 2 is 1.55 bits per heavy atom. The second kappa shape index (κ2) is 6.93. The number of esters is 2. The zero-order valence-corrected chi connectivity index (χ0v) is 12.3. The van der Waals surface area contributed by atoms with Crippen LogP contribution in [0.5, 0.6) is 5.75 Å². The van der Waals surface area contributed by atoms with Crippen molar-refractivity contribution in [2.45, 2.75) is 33.3 Å². The van der Waals surface area contributed by atoms with Crippen LogP contribution in [0.1, 0.15) is 38.1 Å². The third-order valence-corrected chi connectivity index (χ3v) is 2.51. The number of hydrogen-bond acceptors (Lipinski definition) is 5. The van der Waals surface area contributed by atoms with Gasteiger partial charge in [0.2, 0.25) is 0 Å². The molecule has 0 aliphatic rings. The molecule has 0 aliphatic carbocycles. The molecule has 110 valence electrons. The number of ether oxygens (including phenoxy) is 3. The van der Waals surface area contributed by atoms with Gasteiger partial charge in [0.1, 0.15) is 5.75 Å². The van der Waals surface area contributed by atoms with E-state index >= 15 is 0 Å². The van der Waals surface area contributed by atoms with Crippen LogP contribution in [-0.2, 0) is 14.3 Å². The maximum atomic E-state index is 11.7. The van der Waals surface area contributed by atoms with E-state index in [0.717, 1.165) is 0 Å². The molecule has 0 N–H and O–H groups in total. The summed E-state index contributed by atoms with van der Waals surface area (Å²) in [7, 11) is 0. The van der Waals surface area contributed by atoms with Crippen molar-refractivity contribution in [2.24, 2.45) is 0 Å². The molecular formula is C15H20O5. The molecule has 0 aromatic heterocycles. The summed E-state index contributed by atoms with van der Waals surface area (Å²) in [5, 5.41) is 0. The first-order valence-corrected chi connectivity index (χ1v) is 6.54. The van der Waals surface area contributed by atoms with Crippen molar-refractivity contribution in [3.8, 4) is 5.75 Å². The van der Waals surface area contributed by atoms with Crippen molar-refractivity contribution in [2.75, 3.05) is 13.2 Å². The van der Waals surface area contributed by atoms with E-state index in [1.807, 2.05) is 0 Å². The molecule has 0 aliphatic heterocycles. The Morgan fingerprint density at radius 1 is 1.00 bits per heavy atom. The number of hydrogen-bond donors (Lipinski definition) is 0. The molecule has 5 heteroatoms. The Bertz CT molecular complexity index is 462. The Labute approximate surface area is 118 Å². The first-order chi connectivity index (χ1) is 9.40. The Morgan fingerprint density at radius 3 is 2.05 bits per heavy atom. The highest BCUT2D eigenvalue weighted by Crippen LogP contribution is 2.20. The van der Waals surface area contributed by atoms with E-state index in [9.17, 15) is 9.59 Å². The summed E-state index contributed by atoms with van der Waals surface area (Å²) in [5.41, 5.74) is -0.644. The maximum absolute atomic E-state index is 11.7. The van der Waals surface area contributed by atoms with Gasteiger partial charge in [-0.3, -0.25) is 0 Å². The molecular weight excluding hydrogens is 260 g/mol. The number of rotatable bonds is 6. The Hall–Kier alpha value is -2.04. The van der Waals surface area contributed by atoms with Gasteiger partial charge >= 0.3 is 11.9 Å². The third kappa shape index (κ3) is 4.26. The zero-order valence-electron chi connectivity index (χ0n) is 12.3. The lowest BCUT2D eigenvalue weighted by atomic mass is 10.1. The van der Waals surface area contributed by atoms with E-state index < -0.39 is 11.6 Å². The SMILES string of the molecule is CCOC(=O)c1ccc(OC(C)(C)C(=O)OCC)cc1. The second-order valence-corrected chi connectivity index (χ2v) is 4.58. The van der Waals surface area contributed by atoms with Gasteiger partial charge in [0, 0.05) is 0 Å². The van der Waals surface area contributed by atoms with Crippen LogP contribution in [0.2, 0.25) is 0 Å². The van der Waals surface area contributed by atoms with Crippen molar-refractivity contribution < 1.29 is 23.8 Å². The monoisotopic (exact) mass is 280 g/mol. The van der Waals surface area contributed by atoms with Gasteiger partial charge < -0.3 is 14.2 Å². The fourth-order valence-corrected chi connectivity index (χ4v) is 1.51. The summed E-state index contributed by atoms with van der Waals surface area (Å²) in [6, 6.07) is 6.42. The first kappa shape index (κ1) is 16.0. The van der Waals surface area contributed by atoms with Crippen LogP contribution < -0.4 is 4.74 Å². The second-order valence-electron chi connectivity index (χ2n) is 4.58. The molecule has 0 saturated carbocycles. The van der Waals surface area contributed by atoms with Crippen molar-refractivity contribution in [1.29, 1.82) is 0 Å². The lowest BCUT2D eigenvalue weighted by Gasteiger charge is -2.24. The highest BCUT2D eigenvalue weighted by atomic mass is 16.6. The third-order valence-electron chi connectivity index (χ3n) is 2.51. The molecule has 5 nitrogen and oxygen atoms in total. The molecule has 0 amide bonds. The smallest absolute Gasteiger partial charge is 0.349 e. The van der Waals surface area contributed by atoms with Crippen molar-refractivity contribution in [1.82, 2.24) is 0 Å². The molecule has 0 atom stereocenters. The minimum atomic E-state index is -1.08.